The molecule has 0 unspecified atom stereocenters. The molecule has 1 aliphatic rings. The van der Waals surface area contributed by atoms with Gasteiger partial charge in [0.25, 0.3) is 0 Å². The number of aromatic nitrogens is 3. The van der Waals surface area contributed by atoms with E-state index in [2.05, 4.69) is 49.5 Å². The van der Waals surface area contributed by atoms with Crippen LogP contribution in [0.1, 0.15) is 5.56 Å². The van der Waals surface area contributed by atoms with Crippen LogP contribution in [0.5, 0.6) is 5.75 Å². The normalized spacial score (nSPS) is 14.2. The Kier molecular flexibility index (Phi) is 5.68. The average molecular weight is 437 g/mol. The molecule has 2 aromatic heterocycles. The maximum absolute atomic E-state index is 5.65. The van der Waals surface area contributed by atoms with Crippen LogP contribution in [0.15, 0.2) is 64.3 Å². The molecule has 2 aromatic carbocycles. The van der Waals surface area contributed by atoms with Crippen molar-refractivity contribution in [1.29, 1.82) is 0 Å². The quantitative estimate of drug-likeness (QED) is 0.425. The molecule has 0 saturated carbocycles. The van der Waals surface area contributed by atoms with Gasteiger partial charge in [-0.25, -0.2) is 0 Å². The number of rotatable bonds is 7. The second kappa shape index (κ2) is 8.91. The lowest BCUT2D eigenvalue weighted by Crippen LogP contribution is -2.43. The van der Waals surface area contributed by atoms with Crippen LogP contribution in [0.25, 0.3) is 11.0 Å². The molecular formula is C22H24N6O2S. The summed E-state index contributed by atoms with van der Waals surface area (Å²) in [5, 5.41) is 12.7. The predicted octanol–water partition coefficient (Wildman–Crippen LogP) is 3.61. The third-order valence-electron chi connectivity index (χ3n) is 5.29. The molecule has 5 rings (SSSR count). The summed E-state index contributed by atoms with van der Waals surface area (Å²) in [5.41, 5.74) is 2.95. The summed E-state index contributed by atoms with van der Waals surface area (Å²) in [6, 6.07) is 14.4. The molecule has 1 aliphatic heterocycles. The number of hydrogen-bond acceptors (Lipinski definition) is 8. The van der Waals surface area contributed by atoms with Gasteiger partial charge in [0.2, 0.25) is 0 Å². The van der Waals surface area contributed by atoms with Crippen LogP contribution in [0.2, 0.25) is 0 Å². The van der Waals surface area contributed by atoms with E-state index in [1.807, 2.05) is 29.1 Å². The standard InChI is InChI=1S/C22H24N6O2S/c1-29-19-12-16(15-28-9-3-6-24-28)13-20-21(19)22(25-30-20)26-31-18-5-2-4-17(14-18)27-10-7-23-8-11-27/h2-6,9,12-14,23H,7-8,10-11,15H2,1H3,(H,25,26). The highest BCUT2D eigenvalue weighted by atomic mass is 32.2. The number of methoxy groups -OCH3 is 1. The van der Waals surface area contributed by atoms with Crippen LogP contribution < -0.4 is 19.7 Å². The van der Waals surface area contributed by atoms with Gasteiger partial charge in [-0.15, -0.1) is 0 Å². The number of nitrogens with zero attached hydrogens (tertiary/aromatic N) is 4. The van der Waals surface area contributed by atoms with E-state index in [-0.39, 0.29) is 0 Å². The summed E-state index contributed by atoms with van der Waals surface area (Å²) >= 11 is 1.51. The zero-order valence-electron chi connectivity index (χ0n) is 17.2. The van der Waals surface area contributed by atoms with Gasteiger partial charge in [0.05, 0.1) is 13.7 Å². The summed E-state index contributed by atoms with van der Waals surface area (Å²) in [4.78, 5) is 3.51. The van der Waals surface area contributed by atoms with Crippen molar-refractivity contribution in [3.63, 3.8) is 0 Å². The summed E-state index contributed by atoms with van der Waals surface area (Å²) in [6.07, 6.45) is 3.69. The molecule has 160 valence electrons. The lowest BCUT2D eigenvalue weighted by Gasteiger charge is -2.29. The van der Waals surface area contributed by atoms with Crippen molar-refractivity contribution in [1.82, 2.24) is 20.3 Å². The average Bonchev–Trinajstić information content (AvgIpc) is 3.48. The van der Waals surface area contributed by atoms with Crippen molar-refractivity contribution in [2.45, 2.75) is 11.4 Å². The van der Waals surface area contributed by atoms with Crippen molar-refractivity contribution in [3.05, 3.63) is 60.4 Å². The van der Waals surface area contributed by atoms with Crippen molar-refractivity contribution < 1.29 is 9.26 Å². The Morgan fingerprint density at radius 1 is 1.19 bits per heavy atom. The van der Waals surface area contributed by atoms with Gasteiger partial charge in [-0.2, -0.15) is 5.10 Å². The van der Waals surface area contributed by atoms with Crippen LogP contribution in [-0.2, 0) is 6.54 Å². The summed E-state index contributed by atoms with van der Waals surface area (Å²) in [5.74, 6) is 1.37. The van der Waals surface area contributed by atoms with Gasteiger partial charge in [-0.05, 0) is 53.9 Å². The molecule has 9 heteroatoms. The number of hydrogen-bond donors (Lipinski definition) is 2. The third kappa shape index (κ3) is 4.33. The van der Waals surface area contributed by atoms with Gasteiger partial charge in [-0.1, -0.05) is 11.2 Å². The second-order valence-corrected chi connectivity index (χ2v) is 8.22. The van der Waals surface area contributed by atoms with Gasteiger partial charge < -0.3 is 24.2 Å². The van der Waals surface area contributed by atoms with Crippen molar-refractivity contribution >= 4 is 34.4 Å². The first-order valence-corrected chi connectivity index (χ1v) is 11.0. The number of piperazine rings is 1. The van der Waals surface area contributed by atoms with E-state index in [0.29, 0.717) is 17.9 Å². The molecule has 0 atom stereocenters. The van der Waals surface area contributed by atoms with Gasteiger partial charge in [0, 0.05) is 49.2 Å². The minimum absolute atomic E-state index is 0.635. The smallest absolute Gasteiger partial charge is 0.191 e. The molecule has 0 spiro atoms. The molecule has 0 bridgehead atoms. The molecule has 0 aliphatic carbocycles. The van der Waals surface area contributed by atoms with Gasteiger partial charge in [-0.3, -0.25) is 4.68 Å². The highest BCUT2D eigenvalue weighted by Gasteiger charge is 2.16. The predicted molar refractivity (Wildman–Crippen MR) is 123 cm³/mol. The summed E-state index contributed by atoms with van der Waals surface area (Å²) in [6.45, 7) is 4.71. The topological polar surface area (TPSA) is 80.4 Å². The molecule has 8 nitrogen and oxygen atoms in total. The van der Waals surface area contributed by atoms with E-state index >= 15 is 0 Å². The van der Waals surface area contributed by atoms with Gasteiger partial charge >= 0.3 is 0 Å². The molecule has 4 aromatic rings. The fourth-order valence-corrected chi connectivity index (χ4v) is 4.45. The Balaban J connectivity index is 1.35. The summed E-state index contributed by atoms with van der Waals surface area (Å²) in [7, 11) is 1.66. The monoisotopic (exact) mass is 436 g/mol. The zero-order chi connectivity index (χ0) is 21.0. The van der Waals surface area contributed by atoms with E-state index in [9.17, 15) is 0 Å². The molecule has 2 N–H and O–H groups in total. The molecular weight excluding hydrogens is 412 g/mol. The van der Waals surface area contributed by atoms with E-state index < -0.39 is 0 Å². The van der Waals surface area contributed by atoms with E-state index in [1.165, 1.54) is 17.6 Å². The lowest BCUT2D eigenvalue weighted by atomic mass is 10.1. The van der Waals surface area contributed by atoms with E-state index in [4.69, 9.17) is 9.26 Å². The molecule has 3 heterocycles. The SMILES string of the molecule is COc1cc(Cn2cccn2)cc2onc(NSc3cccc(N4CCNCC4)c3)c12. The first kappa shape index (κ1) is 19.8. The largest absolute Gasteiger partial charge is 0.496 e. The molecule has 0 amide bonds. The molecule has 1 saturated heterocycles. The number of ether oxygens (including phenoxy) is 1. The Labute approximate surface area is 184 Å². The molecule has 1 fully saturated rings. The zero-order valence-corrected chi connectivity index (χ0v) is 18.1. The first-order valence-electron chi connectivity index (χ1n) is 10.2. The van der Waals surface area contributed by atoms with E-state index in [0.717, 1.165) is 47.8 Å². The molecule has 0 radical (unpaired) electrons. The van der Waals surface area contributed by atoms with Crippen molar-refractivity contribution in [2.75, 3.05) is 42.9 Å². The highest BCUT2D eigenvalue weighted by molar-refractivity contribution is 8.00. The second-order valence-electron chi connectivity index (χ2n) is 7.34. The Morgan fingerprint density at radius 3 is 2.90 bits per heavy atom. The van der Waals surface area contributed by atoms with E-state index in [1.54, 1.807) is 13.3 Å². The Morgan fingerprint density at radius 2 is 2.10 bits per heavy atom. The third-order valence-corrected chi connectivity index (χ3v) is 6.07. The lowest BCUT2D eigenvalue weighted by molar-refractivity contribution is 0.418. The summed E-state index contributed by atoms with van der Waals surface area (Å²) < 4.78 is 16.4. The van der Waals surface area contributed by atoms with Crippen LogP contribution in [0.4, 0.5) is 11.5 Å². The Hall–Kier alpha value is -3.17. The van der Waals surface area contributed by atoms with Gasteiger partial charge in [0.1, 0.15) is 11.1 Å². The van der Waals surface area contributed by atoms with Crippen LogP contribution in [-0.4, -0.2) is 48.2 Å². The van der Waals surface area contributed by atoms with Crippen LogP contribution >= 0.6 is 11.9 Å². The first-order chi connectivity index (χ1) is 15.3. The van der Waals surface area contributed by atoms with Crippen LogP contribution in [0.3, 0.4) is 0 Å². The minimum Gasteiger partial charge on any atom is -0.496 e. The van der Waals surface area contributed by atoms with Gasteiger partial charge in [0.15, 0.2) is 11.4 Å². The number of fused-ring (bicyclic) bond motifs is 1. The maximum atomic E-state index is 5.65. The maximum Gasteiger partial charge on any atom is 0.191 e. The van der Waals surface area contributed by atoms with Crippen molar-refractivity contribution in [2.24, 2.45) is 0 Å². The number of benzene rings is 2. The fourth-order valence-electron chi connectivity index (χ4n) is 3.77. The van der Waals surface area contributed by atoms with Crippen LogP contribution in [0, 0.1) is 0 Å². The molecule has 31 heavy (non-hydrogen) atoms. The number of anilines is 2. The highest BCUT2D eigenvalue weighted by Crippen LogP contribution is 2.36. The van der Waals surface area contributed by atoms with Crippen molar-refractivity contribution in [3.8, 4) is 5.75 Å². The fraction of sp³-hybridized carbons (Fsp3) is 0.273. The minimum atomic E-state index is 0.635. The number of nitrogens with one attached hydrogen (secondary N) is 2. The Bertz CT molecular complexity index is 1150.